The van der Waals surface area contributed by atoms with Gasteiger partial charge in [0.25, 0.3) is 0 Å². The number of carboxylic acid groups (broad SMARTS) is 2. The molecule has 3 aromatic heterocycles. The molecule has 0 spiro atoms. The molecule has 36 heavy (non-hydrogen) atoms. The fourth-order valence-corrected chi connectivity index (χ4v) is 4.13. The maximum absolute atomic E-state index is 11.1. The van der Waals surface area contributed by atoms with Gasteiger partial charge in [0.1, 0.15) is 0 Å². The van der Waals surface area contributed by atoms with Gasteiger partial charge in [0.2, 0.25) is 0 Å². The van der Waals surface area contributed by atoms with E-state index in [4.69, 9.17) is 10.2 Å². The Bertz CT molecular complexity index is 1070. The maximum atomic E-state index is 11.1. The van der Waals surface area contributed by atoms with E-state index in [-0.39, 0.29) is 11.1 Å². The van der Waals surface area contributed by atoms with E-state index in [1.807, 2.05) is 24.4 Å². The van der Waals surface area contributed by atoms with Gasteiger partial charge in [-0.2, -0.15) is 0 Å². The van der Waals surface area contributed by atoms with E-state index < -0.39 is 11.9 Å². The highest BCUT2D eigenvalue weighted by Gasteiger charge is 2.18. The van der Waals surface area contributed by atoms with E-state index in [9.17, 15) is 9.59 Å². The number of rotatable bonds is 8. The number of pyridine rings is 3. The minimum atomic E-state index is -0.984. The minimum Gasteiger partial charge on any atom is -0.478 e. The highest BCUT2D eigenvalue weighted by molar-refractivity contribution is 5.87. The summed E-state index contributed by atoms with van der Waals surface area (Å²) >= 11 is 0. The van der Waals surface area contributed by atoms with Gasteiger partial charge in [-0.15, -0.1) is 0 Å². The summed E-state index contributed by atoms with van der Waals surface area (Å²) in [6.07, 6.45) is 4.61. The van der Waals surface area contributed by atoms with Crippen LogP contribution in [-0.2, 0) is 19.6 Å². The lowest BCUT2D eigenvalue weighted by atomic mass is 10.2. The highest BCUT2D eigenvalue weighted by atomic mass is 16.4. The molecule has 2 N–H and O–H groups in total. The molecule has 1 saturated heterocycles. The first kappa shape index (κ1) is 25.4. The molecule has 0 aliphatic carbocycles. The SMILES string of the molecule is O=C(O)c1ccc(CN2CCN(Cc3ccccn3)CCN(Cc3ccc(C(=O)O)cn3)CC2)nc1. The fraction of sp³-hybridized carbons (Fsp3) is 0.346. The Morgan fingerprint density at radius 1 is 0.611 bits per heavy atom. The van der Waals surface area contributed by atoms with Crippen LogP contribution in [0.3, 0.4) is 0 Å². The molecule has 4 heterocycles. The number of aromatic carboxylic acids is 2. The van der Waals surface area contributed by atoms with Crippen molar-refractivity contribution in [3.63, 3.8) is 0 Å². The van der Waals surface area contributed by atoms with Crippen LogP contribution in [0.15, 0.2) is 61.1 Å². The maximum Gasteiger partial charge on any atom is 0.337 e. The molecule has 1 fully saturated rings. The Kier molecular flexibility index (Phi) is 8.66. The van der Waals surface area contributed by atoms with Crippen molar-refractivity contribution in [3.8, 4) is 0 Å². The van der Waals surface area contributed by atoms with Crippen LogP contribution < -0.4 is 0 Å². The van der Waals surface area contributed by atoms with Gasteiger partial charge in [0.05, 0.1) is 28.2 Å². The van der Waals surface area contributed by atoms with Gasteiger partial charge in [-0.1, -0.05) is 6.07 Å². The summed E-state index contributed by atoms with van der Waals surface area (Å²) in [5.41, 5.74) is 3.03. The van der Waals surface area contributed by atoms with Gasteiger partial charge in [-0.05, 0) is 36.4 Å². The second-order valence-electron chi connectivity index (χ2n) is 8.84. The second-order valence-corrected chi connectivity index (χ2v) is 8.84. The van der Waals surface area contributed by atoms with Gasteiger partial charge < -0.3 is 10.2 Å². The molecular weight excluding hydrogens is 460 g/mol. The zero-order valence-corrected chi connectivity index (χ0v) is 20.0. The van der Waals surface area contributed by atoms with Crippen LogP contribution in [0.4, 0.5) is 0 Å². The second kappa shape index (κ2) is 12.3. The first-order chi connectivity index (χ1) is 17.5. The molecule has 0 saturated carbocycles. The summed E-state index contributed by atoms with van der Waals surface area (Å²) < 4.78 is 0. The molecule has 4 rings (SSSR count). The molecule has 0 aromatic carbocycles. The Morgan fingerprint density at radius 3 is 1.33 bits per heavy atom. The lowest BCUT2D eigenvalue weighted by Gasteiger charge is -2.25. The molecule has 188 valence electrons. The van der Waals surface area contributed by atoms with Crippen molar-refractivity contribution < 1.29 is 19.8 Å². The van der Waals surface area contributed by atoms with Crippen molar-refractivity contribution in [2.24, 2.45) is 0 Å². The monoisotopic (exact) mass is 490 g/mol. The van der Waals surface area contributed by atoms with Crippen LogP contribution >= 0.6 is 0 Å². The number of nitrogens with zero attached hydrogens (tertiary/aromatic N) is 6. The predicted octanol–water partition coefficient (Wildman–Crippen LogP) is 2.09. The molecule has 0 radical (unpaired) electrons. The van der Waals surface area contributed by atoms with Crippen molar-refractivity contribution in [1.29, 1.82) is 0 Å². The third-order valence-corrected chi connectivity index (χ3v) is 6.22. The van der Waals surface area contributed by atoms with Crippen molar-refractivity contribution in [2.75, 3.05) is 39.3 Å². The van der Waals surface area contributed by atoms with E-state index >= 15 is 0 Å². The number of aromatic nitrogens is 3. The molecule has 0 amide bonds. The molecule has 1 aliphatic heterocycles. The molecule has 1 aliphatic rings. The third kappa shape index (κ3) is 7.38. The van der Waals surface area contributed by atoms with Gasteiger partial charge in [-0.3, -0.25) is 29.7 Å². The summed E-state index contributed by atoms with van der Waals surface area (Å²) in [6.45, 7) is 7.03. The fourth-order valence-electron chi connectivity index (χ4n) is 4.13. The van der Waals surface area contributed by atoms with Gasteiger partial charge in [-0.25, -0.2) is 9.59 Å². The van der Waals surface area contributed by atoms with Crippen LogP contribution in [0.5, 0.6) is 0 Å². The summed E-state index contributed by atoms with van der Waals surface area (Å²) in [7, 11) is 0. The first-order valence-electron chi connectivity index (χ1n) is 11.9. The van der Waals surface area contributed by atoms with Crippen LogP contribution in [-0.4, -0.2) is 91.1 Å². The van der Waals surface area contributed by atoms with Crippen molar-refractivity contribution in [2.45, 2.75) is 19.6 Å². The summed E-state index contributed by atoms with van der Waals surface area (Å²) in [4.78, 5) is 42.5. The average molecular weight is 491 g/mol. The number of carbonyl (C=O) groups is 2. The highest BCUT2D eigenvalue weighted by Crippen LogP contribution is 2.11. The Morgan fingerprint density at radius 2 is 1.03 bits per heavy atom. The number of hydrogen-bond donors (Lipinski definition) is 2. The Hall–Kier alpha value is -3.73. The average Bonchev–Trinajstić information content (AvgIpc) is 2.97. The summed E-state index contributed by atoms with van der Waals surface area (Å²) in [6, 6.07) is 12.7. The van der Waals surface area contributed by atoms with Crippen LogP contribution in [0.1, 0.15) is 37.8 Å². The van der Waals surface area contributed by atoms with Crippen molar-refractivity contribution >= 4 is 11.9 Å². The molecular formula is C26H30N6O4. The summed E-state index contributed by atoms with van der Waals surface area (Å²) in [5, 5.41) is 18.3. The van der Waals surface area contributed by atoms with E-state index in [1.165, 1.54) is 12.4 Å². The quantitative estimate of drug-likeness (QED) is 0.485. The van der Waals surface area contributed by atoms with Crippen LogP contribution in [0.2, 0.25) is 0 Å². The number of hydrogen-bond acceptors (Lipinski definition) is 8. The molecule has 10 heteroatoms. The van der Waals surface area contributed by atoms with Crippen molar-refractivity contribution in [3.05, 3.63) is 89.3 Å². The van der Waals surface area contributed by atoms with Crippen molar-refractivity contribution in [1.82, 2.24) is 29.7 Å². The van der Waals surface area contributed by atoms with E-state index in [2.05, 4.69) is 29.7 Å². The van der Waals surface area contributed by atoms with E-state index in [0.717, 1.165) is 62.9 Å². The molecule has 3 aromatic rings. The van der Waals surface area contributed by atoms with Crippen LogP contribution in [0, 0.1) is 0 Å². The molecule has 0 bridgehead atoms. The smallest absolute Gasteiger partial charge is 0.337 e. The number of carboxylic acids is 2. The van der Waals surface area contributed by atoms with E-state index in [0.29, 0.717) is 13.1 Å². The molecule has 10 nitrogen and oxygen atoms in total. The van der Waals surface area contributed by atoms with E-state index in [1.54, 1.807) is 24.3 Å². The predicted molar refractivity (Wildman–Crippen MR) is 132 cm³/mol. The Balaban J connectivity index is 1.46. The molecule has 0 unspecified atom stereocenters. The van der Waals surface area contributed by atoms with Gasteiger partial charge >= 0.3 is 11.9 Å². The lowest BCUT2D eigenvalue weighted by Crippen LogP contribution is -2.35. The topological polar surface area (TPSA) is 123 Å². The standard InChI is InChI=1S/C26H30N6O4/c33-25(34)20-4-6-23(28-15-20)18-31-11-9-30(17-22-3-1-2-8-27-22)10-12-32(14-13-31)19-24-7-5-21(16-29-24)26(35)36/h1-8,15-16H,9-14,17-19H2,(H,33,34)(H,35,36). The first-order valence-corrected chi connectivity index (χ1v) is 11.9. The summed E-state index contributed by atoms with van der Waals surface area (Å²) in [5.74, 6) is -1.97. The zero-order valence-electron chi connectivity index (χ0n) is 20.0. The lowest BCUT2D eigenvalue weighted by molar-refractivity contribution is 0.0685. The van der Waals surface area contributed by atoms with Gasteiger partial charge in [0, 0.05) is 77.5 Å². The normalized spacial score (nSPS) is 16.1. The largest absolute Gasteiger partial charge is 0.478 e. The zero-order chi connectivity index (χ0) is 25.3. The Labute approximate surface area is 209 Å². The van der Waals surface area contributed by atoms with Crippen LogP contribution in [0.25, 0.3) is 0 Å². The third-order valence-electron chi connectivity index (χ3n) is 6.22. The van der Waals surface area contributed by atoms with Gasteiger partial charge in [0.15, 0.2) is 0 Å². The minimum absolute atomic E-state index is 0.178. The molecule has 0 atom stereocenters.